The average Bonchev–Trinajstić information content (AvgIpc) is 3.32. The van der Waals surface area contributed by atoms with Gasteiger partial charge >= 0.3 is 0 Å². The number of carbonyl (C=O) groups excluding carboxylic acids is 1. The van der Waals surface area contributed by atoms with Gasteiger partial charge in [0.1, 0.15) is 5.76 Å². The van der Waals surface area contributed by atoms with Crippen LogP contribution in [0.4, 0.5) is 5.95 Å². The zero-order chi connectivity index (χ0) is 12.8. The van der Waals surface area contributed by atoms with E-state index in [1.165, 1.54) is 0 Å². The lowest BCUT2D eigenvalue weighted by Crippen LogP contribution is -2.18. The molecule has 2 atom stereocenters. The largest absolute Gasteiger partial charge is 0.469 e. The van der Waals surface area contributed by atoms with Crippen molar-refractivity contribution in [2.24, 2.45) is 5.92 Å². The maximum absolute atomic E-state index is 12.1. The Morgan fingerprint density at radius 2 is 2.37 bits per heavy atom. The van der Waals surface area contributed by atoms with Crippen LogP contribution in [0.5, 0.6) is 0 Å². The van der Waals surface area contributed by atoms with Gasteiger partial charge < -0.3 is 4.42 Å². The van der Waals surface area contributed by atoms with E-state index in [-0.39, 0.29) is 17.7 Å². The van der Waals surface area contributed by atoms with Crippen LogP contribution in [0.2, 0.25) is 0 Å². The monoisotopic (exact) mass is 259 g/mol. The molecule has 0 radical (unpaired) electrons. The van der Waals surface area contributed by atoms with Crippen molar-refractivity contribution in [2.75, 3.05) is 5.32 Å². The number of nitrogens with one attached hydrogen (secondary N) is 1. The minimum Gasteiger partial charge on any atom is -0.469 e. The Balaban J connectivity index is 1.43. The maximum Gasteiger partial charge on any atom is 0.249 e. The lowest BCUT2D eigenvalue weighted by Gasteiger charge is -2.04. The second-order valence-corrected chi connectivity index (χ2v) is 5.13. The number of amides is 1. The Labute approximate surface area is 109 Å². The third-order valence-corrected chi connectivity index (χ3v) is 3.66. The number of nitrogens with zero attached hydrogens (tertiary/aromatic N) is 4. The van der Waals surface area contributed by atoms with Crippen LogP contribution in [-0.2, 0) is 4.79 Å². The molecule has 1 N–H and O–H groups in total. The van der Waals surface area contributed by atoms with E-state index in [4.69, 9.17) is 4.42 Å². The molecule has 0 saturated heterocycles. The minimum atomic E-state index is -0.0319. The molecule has 2 aliphatic rings. The Morgan fingerprint density at radius 1 is 1.47 bits per heavy atom. The third kappa shape index (κ3) is 1.91. The summed E-state index contributed by atoms with van der Waals surface area (Å²) in [6, 6.07) is 4.10. The molecule has 4 rings (SSSR count). The van der Waals surface area contributed by atoms with Gasteiger partial charge in [-0.2, -0.15) is 0 Å². The first kappa shape index (κ1) is 10.7. The molecule has 2 saturated carbocycles. The first-order chi connectivity index (χ1) is 9.33. The Morgan fingerprint density at radius 3 is 3.11 bits per heavy atom. The number of rotatable bonds is 4. The molecule has 2 aliphatic carbocycles. The molecule has 0 aromatic carbocycles. The van der Waals surface area contributed by atoms with Gasteiger partial charge in [0, 0.05) is 11.8 Å². The fourth-order valence-electron chi connectivity index (χ4n) is 2.35. The molecule has 0 spiro atoms. The number of carbonyl (C=O) groups is 1. The summed E-state index contributed by atoms with van der Waals surface area (Å²) in [6.45, 7) is 0. The second-order valence-electron chi connectivity index (χ2n) is 5.13. The standard InChI is InChI=1S/C12H13N5O2/c18-11(9-6-8(9)10-2-1-5-19-10)13-12-14-15-16-17(12)7-3-4-7/h1-2,5,7-9H,3-4,6H2,(H,13,14,16,18)/t8-,9-/m1/s1. The number of hydrogen-bond acceptors (Lipinski definition) is 5. The van der Waals surface area contributed by atoms with Crippen LogP contribution in [0.15, 0.2) is 22.8 Å². The molecular formula is C12H13N5O2. The van der Waals surface area contributed by atoms with Gasteiger partial charge in [-0.15, -0.1) is 0 Å². The minimum absolute atomic E-state index is 0.0295. The molecule has 0 bridgehead atoms. The fraction of sp³-hybridized carbons (Fsp3) is 0.500. The van der Waals surface area contributed by atoms with Gasteiger partial charge in [-0.05, 0) is 41.8 Å². The van der Waals surface area contributed by atoms with Gasteiger partial charge in [-0.1, -0.05) is 5.10 Å². The van der Waals surface area contributed by atoms with Gasteiger partial charge in [0.15, 0.2) is 0 Å². The second kappa shape index (κ2) is 3.91. The molecule has 2 heterocycles. The molecule has 0 unspecified atom stereocenters. The highest BCUT2D eigenvalue weighted by Crippen LogP contribution is 2.48. The van der Waals surface area contributed by atoms with Gasteiger partial charge in [0.2, 0.25) is 11.9 Å². The lowest BCUT2D eigenvalue weighted by atomic mass is 10.2. The molecule has 19 heavy (non-hydrogen) atoms. The molecule has 0 aliphatic heterocycles. The van der Waals surface area contributed by atoms with Crippen molar-refractivity contribution >= 4 is 11.9 Å². The molecule has 2 fully saturated rings. The number of anilines is 1. The van der Waals surface area contributed by atoms with Gasteiger partial charge in [-0.3, -0.25) is 10.1 Å². The van der Waals surface area contributed by atoms with Crippen molar-refractivity contribution in [3.8, 4) is 0 Å². The average molecular weight is 259 g/mol. The predicted octanol–water partition coefficient (Wildman–Crippen LogP) is 1.34. The van der Waals surface area contributed by atoms with Crippen LogP contribution in [0, 0.1) is 5.92 Å². The van der Waals surface area contributed by atoms with Crippen molar-refractivity contribution in [1.82, 2.24) is 20.2 Å². The van der Waals surface area contributed by atoms with Crippen LogP contribution in [-0.4, -0.2) is 26.1 Å². The van der Waals surface area contributed by atoms with E-state index in [1.54, 1.807) is 10.9 Å². The van der Waals surface area contributed by atoms with Gasteiger partial charge in [-0.25, -0.2) is 4.68 Å². The number of hydrogen-bond donors (Lipinski definition) is 1. The van der Waals surface area contributed by atoms with Crippen molar-refractivity contribution in [3.05, 3.63) is 24.2 Å². The quantitative estimate of drug-likeness (QED) is 0.895. The van der Waals surface area contributed by atoms with E-state index in [2.05, 4.69) is 20.8 Å². The highest BCUT2D eigenvalue weighted by Gasteiger charge is 2.46. The fourth-order valence-corrected chi connectivity index (χ4v) is 2.35. The molecule has 7 heteroatoms. The maximum atomic E-state index is 12.1. The predicted molar refractivity (Wildman–Crippen MR) is 64.3 cm³/mol. The SMILES string of the molecule is O=C(Nc1nnnn1C1CC1)[C@@H]1C[C@H]1c1ccco1. The van der Waals surface area contributed by atoms with Crippen molar-refractivity contribution < 1.29 is 9.21 Å². The normalized spacial score (nSPS) is 25.3. The summed E-state index contributed by atoms with van der Waals surface area (Å²) >= 11 is 0. The van der Waals surface area contributed by atoms with Gasteiger partial charge in [0.05, 0.1) is 12.3 Å². The van der Waals surface area contributed by atoms with Crippen molar-refractivity contribution in [3.63, 3.8) is 0 Å². The molecule has 98 valence electrons. The van der Waals surface area contributed by atoms with Crippen LogP contribution in [0.25, 0.3) is 0 Å². The van der Waals surface area contributed by atoms with Crippen LogP contribution in [0.1, 0.15) is 37.0 Å². The Bertz CT molecular complexity index is 601. The third-order valence-electron chi connectivity index (χ3n) is 3.66. The highest BCUT2D eigenvalue weighted by molar-refractivity contribution is 5.93. The summed E-state index contributed by atoms with van der Waals surface area (Å²) in [5, 5.41) is 14.2. The zero-order valence-electron chi connectivity index (χ0n) is 10.2. The van der Waals surface area contributed by atoms with Crippen molar-refractivity contribution in [1.29, 1.82) is 0 Å². The lowest BCUT2D eigenvalue weighted by molar-refractivity contribution is -0.117. The van der Waals surface area contributed by atoms with E-state index >= 15 is 0 Å². The first-order valence-corrected chi connectivity index (χ1v) is 6.45. The molecular weight excluding hydrogens is 246 g/mol. The smallest absolute Gasteiger partial charge is 0.249 e. The summed E-state index contributed by atoms with van der Waals surface area (Å²) in [6.07, 6.45) is 4.61. The molecule has 2 aromatic heterocycles. The first-order valence-electron chi connectivity index (χ1n) is 6.45. The molecule has 7 nitrogen and oxygen atoms in total. The topological polar surface area (TPSA) is 85.8 Å². The number of furan rings is 1. The van der Waals surface area contributed by atoms with E-state index in [1.807, 2.05) is 12.1 Å². The van der Waals surface area contributed by atoms with E-state index < -0.39 is 0 Å². The molecule has 1 amide bonds. The summed E-state index contributed by atoms with van der Waals surface area (Å²) in [7, 11) is 0. The summed E-state index contributed by atoms with van der Waals surface area (Å²) < 4.78 is 7.02. The van der Waals surface area contributed by atoms with Crippen LogP contribution in [0.3, 0.4) is 0 Å². The Kier molecular flexibility index (Phi) is 2.20. The van der Waals surface area contributed by atoms with Crippen LogP contribution >= 0.6 is 0 Å². The van der Waals surface area contributed by atoms with E-state index in [9.17, 15) is 4.79 Å². The summed E-state index contributed by atoms with van der Waals surface area (Å²) in [5.74, 6) is 1.47. The van der Waals surface area contributed by atoms with Gasteiger partial charge in [0.25, 0.3) is 0 Å². The molecule has 2 aromatic rings. The number of tetrazole rings is 1. The highest BCUT2D eigenvalue weighted by atomic mass is 16.3. The van der Waals surface area contributed by atoms with Crippen molar-refractivity contribution in [2.45, 2.75) is 31.2 Å². The van der Waals surface area contributed by atoms with E-state index in [0.717, 1.165) is 25.0 Å². The van der Waals surface area contributed by atoms with E-state index in [0.29, 0.717) is 12.0 Å². The summed E-state index contributed by atoms with van der Waals surface area (Å²) in [5.41, 5.74) is 0. The Hall–Kier alpha value is -2.18. The number of aromatic nitrogens is 4. The summed E-state index contributed by atoms with van der Waals surface area (Å²) in [4.78, 5) is 12.1. The zero-order valence-corrected chi connectivity index (χ0v) is 10.2. The van der Waals surface area contributed by atoms with Crippen LogP contribution < -0.4 is 5.32 Å².